The van der Waals surface area contributed by atoms with Crippen LogP contribution in [-0.2, 0) is 24.2 Å². The minimum atomic E-state index is -1.09. The van der Waals surface area contributed by atoms with E-state index < -0.39 is 11.4 Å². The van der Waals surface area contributed by atoms with Crippen molar-refractivity contribution in [1.29, 1.82) is 0 Å². The Bertz CT molecular complexity index is 608. The minimum absolute atomic E-state index is 0.439. The van der Waals surface area contributed by atoms with E-state index in [1.165, 1.54) is 36.1 Å². The average Bonchev–Trinajstić information content (AvgIpc) is 3.11. The third-order valence-corrected chi connectivity index (χ3v) is 8.22. The van der Waals surface area contributed by atoms with Gasteiger partial charge in [-0.05, 0) is 50.9 Å². The van der Waals surface area contributed by atoms with Crippen LogP contribution in [0.3, 0.4) is 0 Å². The lowest BCUT2D eigenvalue weighted by Crippen LogP contribution is -2.39. The smallest absolute Gasteiger partial charge is 0.211 e. The minimum Gasteiger partial charge on any atom is -0.593 e. The Labute approximate surface area is 146 Å². The standard InChI is InChI=1S/C18H26N2OS2/c1-11-10-15(11)12(2)19-18-17(23(21)20-13-6-5-7-13)14-8-3-4-9-16(14)22-18/h11,13,15,19-20H,2-10H2,1H3/t11-,15-,23?/m0/s1. The highest BCUT2D eigenvalue weighted by atomic mass is 32.2. The highest BCUT2D eigenvalue weighted by Crippen LogP contribution is 2.46. The second-order valence-electron chi connectivity index (χ2n) is 7.35. The lowest BCUT2D eigenvalue weighted by molar-refractivity contribution is 0.383. The van der Waals surface area contributed by atoms with Gasteiger partial charge in [0.2, 0.25) is 4.90 Å². The van der Waals surface area contributed by atoms with Crippen LogP contribution >= 0.6 is 11.3 Å². The molecule has 0 radical (unpaired) electrons. The fourth-order valence-corrected chi connectivity index (χ4v) is 6.56. The van der Waals surface area contributed by atoms with E-state index in [0.717, 1.165) is 47.2 Å². The number of rotatable bonds is 6. The van der Waals surface area contributed by atoms with Gasteiger partial charge in [0.15, 0.2) is 5.00 Å². The number of allylic oxidation sites excluding steroid dienone is 1. The molecular formula is C18H26N2OS2. The van der Waals surface area contributed by atoms with Crippen LogP contribution in [0.4, 0.5) is 5.00 Å². The SMILES string of the molecule is C=C(Nc1sc2c(c1[S+]([O-])NC1CCC1)CCCC2)[C@H]1C[C@@H]1C. The zero-order chi connectivity index (χ0) is 16.0. The normalized spacial score (nSPS) is 27.9. The van der Waals surface area contributed by atoms with E-state index in [-0.39, 0.29) is 0 Å². The molecule has 1 heterocycles. The summed E-state index contributed by atoms with van der Waals surface area (Å²) in [4.78, 5) is 2.47. The van der Waals surface area contributed by atoms with Crippen LogP contribution in [-0.4, -0.2) is 10.6 Å². The predicted octanol–water partition coefficient (Wildman–Crippen LogP) is 4.37. The summed E-state index contributed by atoms with van der Waals surface area (Å²) in [6.45, 7) is 6.51. The third kappa shape index (κ3) is 3.21. The quantitative estimate of drug-likeness (QED) is 0.749. The molecule has 1 unspecified atom stereocenters. The van der Waals surface area contributed by atoms with Gasteiger partial charge in [0.1, 0.15) is 0 Å². The third-order valence-electron chi connectivity index (χ3n) is 5.52. The van der Waals surface area contributed by atoms with Crippen molar-refractivity contribution < 1.29 is 4.55 Å². The van der Waals surface area contributed by atoms with Gasteiger partial charge in [-0.2, -0.15) is 0 Å². The Morgan fingerprint density at radius 2 is 2.00 bits per heavy atom. The molecule has 3 nitrogen and oxygen atoms in total. The topological polar surface area (TPSA) is 47.1 Å². The number of hydrogen-bond donors (Lipinski definition) is 2. The molecular weight excluding hydrogens is 324 g/mol. The number of anilines is 1. The Kier molecular flexibility index (Phi) is 4.47. The van der Waals surface area contributed by atoms with E-state index in [0.29, 0.717) is 12.0 Å². The first-order valence-electron chi connectivity index (χ1n) is 8.91. The summed E-state index contributed by atoms with van der Waals surface area (Å²) in [6, 6.07) is 0.439. The fraction of sp³-hybridized carbons (Fsp3) is 0.667. The average molecular weight is 351 g/mol. The molecule has 2 saturated carbocycles. The van der Waals surface area contributed by atoms with Crippen molar-refractivity contribution in [2.24, 2.45) is 11.8 Å². The van der Waals surface area contributed by atoms with Crippen molar-refractivity contribution in [2.45, 2.75) is 69.2 Å². The maximum Gasteiger partial charge on any atom is 0.211 e. The molecule has 1 aromatic heterocycles. The molecule has 126 valence electrons. The molecule has 2 fully saturated rings. The summed E-state index contributed by atoms with van der Waals surface area (Å²) in [7, 11) is 0. The molecule has 0 amide bonds. The summed E-state index contributed by atoms with van der Waals surface area (Å²) in [5.74, 6) is 1.33. The molecule has 2 N–H and O–H groups in total. The van der Waals surface area contributed by atoms with Gasteiger partial charge in [0.25, 0.3) is 0 Å². The second-order valence-corrected chi connectivity index (χ2v) is 9.64. The van der Waals surface area contributed by atoms with Gasteiger partial charge in [0.05, 0.1) is 17.4 Å². The summed E-state index contributed by atoms with van der Waals surface area (Å²) in [6.07, 6.45) is 9.51. The van der Waals surface area contributed by atoms with Crippen LogP contribution in [0.1, 0.15) is 55.9 Å². The summed E-state index contributed by atoms with van der Waals surface area (Å²) < 4.78 is 16.3. The van der Waals surface area contributed by atoms with Crippen LogP contribution in [0.15, 0.2) is 17.2 Å². The van der Waals surface area contributed by atoms with E-state index in [9.17, 15) is 4.55 Å². The molecule has 23 heavy (non-hydrogen) atoms. The molecule has 5 heteroatoms. The predicted molar refractivity (Wildman–Crippen MR) is 98.2 cm³/mol. The molecule has 0 spiro atoms. The van der Waals surface area contributed by atoms with Gasteiger partial charge in [-0.15, -0.1) is 16.1 Å². The molecule has 3 atom stereocenters. The molecule has 4 rings (SSSR count). The zero-order valence-electron chi connectivity index (χ0n) is 13.8. The summed E-state index contributed by atoms with van der Waals surface area (Å²) in [5, 5.41) is 4.63. The van der Waals surface area contributed by atoms with E-state index in [1.54, 1.807) is 0 Å². The highest BCUT2D eigenvalue weighted by Gasteiger charge is 2.37. The first-order chi connectivity index (χ1) is 11.1. The lowest BCUT2D eigenvalue weighted by Gasteiger charge is -2.27. The molecule has 3 aliphatic carbocycles. The maximum absolute atomic E-state index is 13.0. The number of aryl methyl sites for hydroxylation is 1. The zero-order valence-corrected chi connectivity index (χ0v) is 15.5. The molecule has 1 aromatic rings. The van der Waals surface area contributed by atoms with Crippen molar-refractivity contribution in [2.75, 3.05) is 5.32 Å². The number of thiophene rings is 1. The second kappa shape index (κ2) is 6.43. The summed E-state index contributed by atoms with van der Waals surface area (Å²) in [5.41, 5.74) is 2.46. The van der Waals surface area contributed by atoms with Crippen molar-refractivity contribution in [3.63, 3.8) is 0 Å². The van der Waals surface area contributed by atoms with Gasteiger partial charge in [-0.3, -0.25) is 0 Å². The van der Waals surface area contributed by atoms with Crippen LogP contribution in [0, 0.1) is 11.8 Å². The molecule has 0 bridgehead atoms. The van der Waals surface area contributed by atoms with Crippen molar-refractivity contribution >= 4 is 27.7 Å². The maximum atomic E-state index is 13.0. The van der Waals surface area contributed by atoms with Crippen LogP contribution in [0.25, 0.3) is 0 Å². The van der Waals surface area contributed by atoms with E-state index >= 15 is 0 Å². The number of hydrogen-bond acceptors (Lipinski definition) is 4. The number of nitrogens with one attached hydrogen (secondary N) is 2. The van der Waals surface area contributed by atoms with Crippen LogP contribution in [0.5, 0.6) is 0 Å². The first kappa shape index (κ1) is 16.0. The Morgan fingerprint density at radius 1 is 1.26 bits per heavy atom. The van der Waals surface area contributed by atoms with Crippen LogP contribution in [0.2, 0.25) is 0 Å². The van der Waals surface area contributed by atoms with Gasteiger partial charge in [0, 0.05) is 22.1 Å². The Morgan fingerprint density at radius 3 is 2.65 bits per heavy atom. The lowest BCUT2D eigenvalue weighted by atomic mass is 9.94. The Hall–Kier alpha value is -0.490. The largest absolute Gasteiger partial charge is 0.593 e. The van der Waals surface area contributed by atoms with Crippen molar-refractivity contribution in [3.8, 4) is 0 Å². The van der Waals surface area contributed by atoms with E-state index in [2.05, 4.69) is 23.5 Å². The highest BCUT2D eigenvalue weighted by molar-refractivity contribution is 7.90. The fourth-order valence-electron chi connectivity index (χ4n) is 3.60. The first-order valence-corrected chi connectivity index (χ1v) is 10.9. The van der Waals surface area contributed by atoms with E-state index in [4.69, 9.17) is 0 Å². The molecule has 3 aliphatic rings. The van der Waals surface area contributed by atoms with Crippen molar-refractivity contribution in [3.05, 3.63) is 22.7 Å². The Balaban J connectivity index is 1.58. The van der Waals surface area contributed by atoms with Gasteiger partial charge < -0.3 is 9.87 Å². The van der Waals surface area contributed by atoms with Gasteiger partial charge in [-0.1, -0.05) is 19.9 Å². The number of fused-ring (bicyclic) bond motifs is 1. The monoisotopic (exact) mass is 350 g/mol. The van der Waals surface area contributed by atoms with Crippen LogP contribution < -0.4 is 10.0 Å². The molecule has 0 aliphatic heterocycles. The van der Waals surface area contributed by atoms with Gasteiger partial charge >= 0.3 is 0 Å². The van der Waals surface area contributed by atoms with Gasteiger partial charge in [-0.25, -0.2) is 0 Å². The molecule has 0 aromatic carbocycles. The summed E-state index contributed by atoms with van der Waals surface area (Å²) >= 11 is 0.720. The molecule has 0 saturated heterocycles. The van der Waals surface area contributed by atoms with E-state index in [1.807, 2.05) is 11.3 Å². The van der Waals surface area contributed by atoms with Crippen molar-refractivity contribution in [1.82, 2.24) is 4.72 Å².